The fourth-order valence-corrected chi connectivity index (χ4v) is 5.04. The molecule has 3 heterocycles. The molecule has 8 nitrogen and oxygen atoms in total. The number of aromatic nitrogens is 4. The first-order valence-electron chi connectivity index (χ1n) is 12.1. The molecule has 0 saturated heterocycles. The molecule has 1 atom stereocenters. The summed E-state index contributed by atoms with van der Waals surface area (Å²) >= 11 is 0. The van der Waals surface area contributed by atoms with Crippen LogP contribution in [0.3, 0.4) is 0 Å². The zero-order valence-electron chi connectivity index (χ0n) is 21.0. The van der Waals surface area contributed by atoms with Crippen molar-refractivity contribution in [2.45, 2.75) is 57.3 Å². The van der Waals surface area contributed by atoms with Crippen molar-refractivity contribution < 1.29 is 23.4 Å². The average molecular weight is 510 g/mol. The summed E-state index contributed by atoms with van der Waals surface area (Å²) in [7, 11) is 1.39. The van der Waals surface area contributed by atoms with Gasteiger partial charge in [-0.05, 0) is 43.4 Å². The molecule has 0 bridgehead atoms. The van der Waals surface area contributed by atoms with E-state index in [0.717, 1.165) is 16.6 Å². The quantitative estimate of drug-likeness (QED) is 0.258. The van der Waals surface area contributed by atoms with Crippen LogP contribution in [0, 0.1) is 17.1 Å². The number of nitriles is 1. The molecule has 4 rings (SSSR count). The summed E-state index contributed by atoms with van der Waals surface area (Å²) in [5.74, 6) is -1.74. The standard InChI is InChI=1S/C27H29F2N5O3/c1-27(2,10-12-30)25-23(16(5-4-11-28)6-9-22(35)36)24-20(13-17-15-31-33-26(17)32-24)34(25)18-7-8-19(29)21(14-18)37-3/h7-8,13-16H,4-6,9-11H2,1-3H3,(H,35,36)(H,31,32,33). The molecular formula is C27H29F2N5O3. The molecule has 3 aromatic heterocycles. The lowest BCUT2D eigenvalue weighted by atomic mass is 9.78. The second-order valence-corrected chi connectivity index (χ2v) is 9.76. The highest BCUT2D eigenvalue weighted by molar-refractivity contribution is 5.94. The number of carbonyl (C=O) groups is 1. The molecule has 2 N–H and O–H groups in total. The number of aliphatic carboxylic acids is 1. The fourth-order valence-electron chi connectivity index (χ4n) is 5.04. The number of nitrogens with one attached hydrogen (secondary N) is 1. The summed E-state index contributed by atoms with van der Waals surface area (Å²) in [5.41, 5.74) is 3.26. The van der Waals surface area contributed by atoms with Gasteiger partial charge in [0.1, 0.15) is 0 Å². The predicted molar refractivity (Wildman–Crippen MR) is 135 cm³/mol. The van der Waals surface area contributed by atoms with Crippen LogP contribution in [0.5, 0.6) is 5.75 Å². The molecule has 1 unspecified atom stereocenters. The second kappa shape index (κ2) is 10.5. The highest BCUT2D eigenvalue weighted by atomic mass is 19.1. The Morgan fingerprint density at radius 3 is 2.78 bits per heavy atom. The number of pyridine rings is 1. The van der Waals surface area contributed by atoms with Gasteiger partial charge in [-0.1, -0.05) is 13.8 Å². The van der Waals surface area contributed by atoms with Crippen molar-refractivity contribution in [3.05, 3.63) is 47.5 Å². The summed E-state index contributed by atoms with van der Waals surface area (Å²) in [4.78, 5) is 16.4. The Kier molecular flexibility index (Phi) is 7.43. The fraction of sp³-hybridized carbons (Fsp3) is 0.407. The van der Waals surface area contributed by atoms with Gasteiger partial charge in [0, 0.05) is 46.7 Å². The number of hydrogen-bond donors (Lipinski definition) is 2. The molecule has 194 valence electrons. The Morgan fingerprint density at radius 1 is 1.32 bits per heavy atom. The highest BCUT2D eigenvalue weighted by Crippen LogP contribution is 2.45. The monoisotopic (exact) mass is 509 g/mol. The summed E-state index contributed by atoms with van der Waals surface area (Å²) in [5, 5.41) is 26.9. The number of H-pyrrole nitrogens is 1. The third-order valence-electron chi connectivity index (χ3n) is 6.74. The van der Waals surface area contributed by atoms with E-state index < -0.39 is 23.9 Å². The van der Waals surface area contributed by atoms with Crippen LogP contribution in [0.2, 0.25) is 0 Å². The van der Waals surface area contributed by atoms with Crippen molar-refractivity contribution in [1.82, 2.24) is 19.7 Å². The van der Waals surface area contributed by atoms with Gasteiger partial charge in [-0.15, -0.1) is 0 Å². The molecule has 37 heavy (non-hydrogen) atoms. The first-order chi connectivity index (χ1) is 17.7. The third-order valence-corrected chi connectivity index (χ3v) is 6.74. The number of hydrogen-bond acceptors (Lipinski definition) is 5. The van der Waals surface area contributed by atoms with E-state index in [-0.39, 0.29) is 37.4 Å². The van der Waals surface area contributed by atoms with Crippen LogP contribution in [0.4, 0.5) is 8.78 Å². The van der Waals surface area contributed by atoms with Gasteiger partial charge in [0.25, 0.3) is 0 Å². The number of alkyl halides is 1. The number of ether oxygens (including phenoxy) is 1. The van der Waals surface area contributed by atoms with Gasteiger partial charge < -0.3 is 14.4 Å². The lowest BCUT2D eigenvalue weighted by Gasteiger charge is -2.29. The van der Waals surface area contributed by atoms with E-state index in [1.165, 1.54) is 13.2 Å². The Labute approximate surface area is 212 Å². The molecule has 0 amide bonds. The first-order valence-corrected chi connectivity index (χ1v) is 12.1. The third kappa shape index (κ3) is 4.99. The number of aromatic amines is 1. The number of fused-ring (bicyclic) bond motifs is 2. The number of benzene rings is 1. The van der Waals surface area contributed by atoms with E-state index in [1.807, 2.05) is 24.5 Å². The maximum absolute atomic E-state index is 14.4. The van der Waals surface area contributed by atoms with Crippen molar-refractivity contribution in [2.24, 2.45) is 0 Å². The highest BCUT2D eigenvalue weighted by Gasteiger charge is 2.35. The van der Waals surface area contributed by atoms with Gasteiger partial charge in [-0.2, -0.15) is 10.4 Å². The SMILES string of the molecule is COc1cc(-n2c(C(C)(C)CC#N)c(C(CCCF)CCC(=O)O)c3nc4[nH]ncc4cc32)ccc1F. The average Bonchev–Trinajstić information content (AvgIpc) is 3.45. The van der Waals surface area contributed by atoms with E-state index in [0.29, 0.717) is 28.8 Å². The number of nitrogens with zero attached hydrogens (tertiary/aromatic N) is 4. The molecule has 0 radical (unpaired) electrons. The van der Waals surface area contributed by atoms with E-state index in [4.69, 9.17) is 9.72 Å². The van der Waals surface area contributed by atoms with Gasteiger partial charge in [0.15, 0.2) is 17.2 Å². The maximum atomic E-state index is 14.4. The van der Waals surface area contributed by atoms with E-state index >= 15 is 0 Å². The zero-order chi connectivity index (χ0) is 26.7. The number of rotatable bonds is 11. The lowest BCUT2D eigenvalue weighted by molar-refractivity contribution is -0.137. The molecule has 0 aliphatic rings. The number of methoxy groups -OCH3 is 1. The van der Waals surface area contributed by atoms with Crippen LogP contribution in [-0.4, -0.2) is 44.6 Å². The van der Waals surface area contributed by atoms with Gasteiger partial charge >= 0.3 is 5.97 Å². The van der Waals surface area contributed by atoms with Gasteiger partial charge in [-0.3, -0.25) is 14.3 Å². The van der Waals surface area contributed by atoms with E-state index in [9.17, 15) is 23.9 Å². The van der Waals surface area contributed by atoms with Crippen LogP contribution >= 0.6 is 0 Å². The van der Waals surface area contributed by atoms with Gasteiger partial charge in [0.2, 0.25) is 0 Å². The minimum Gasteiger partial charge on any atom is -0.494 e. The molecule has 1 aromatic carbocycles. The van der Waals surface area contributed by atoms with E-state index in [2.05, 4.69) is 16.3 Å². The summed E-state index contributed by atoms with van der Waals surface area (Å²) in [6.45, 7) is 3.33. The Balaban J connectivity index is 2.14. The number of halogens is 2. The van der Waals surface area contributed by atoms with Crippen LogP contribution in [-0.2, 0) is 10.2 Å². The Bertz CT molecular complexity index is 1480. The molecule has 0 saturated carbocycles. The minimum atomic E-state index is -0.945. The maximum Gasteiger partial charge on any atom is 0.303 e. The predicted octanol–water partition coefficient (Wildman–Crippen LogP) is 5.94. The lowest BCUT2D eigenvalue weighted by Crippen LogP contribution is -2.24. The van der Waals surface area contributed by atoms with Gasteiger partial charge in [-0.25, -0.2) is 9.37 Å². The smallest absolute Gasteiger partial charge is 0.303 e. The van der Waals surface area contributed by atoms with Crippen LogP contribution in [0.15, 0.2) is 30.5 Å². The van der Waals surface area contributed by atoms with Gasteiger partial charge in [0.05, 0.1) is 37.1 Å². The summed E-state index contributed by atoms with van der Waals surface area (Å²) < 4.78 is 34.9. The number of carboxylic acids is 1. The minimum absolute atomic E-state index is 0.0575. The van der Waals surface area contributed by atoms with E-state index in [1.54, 1.807) is 18.3 Å². The first kappa shape index (κ1) is 26.1. The normalized spacial score (nSPS) is 12.6. The molecule has 0 aliphatic heterocycles. The van der Waals surface area contributed by atoms with Crippen LogP contribution in [0.25, 0.3) is 27.8 Å². The molecule has 10 heteroatoms. The number of carboxylic acid groups (broad SMARTS) is 1. The Hall–Kier alpha value is -4.00. The zero-order valence-corrected chi connectivity index (χ0v) is 21.0. The van der Waals surface area contributed by atoms with Crippen molar-refractivity contribution in [2.75, 3.05) is 13.8 Å². The largest absolute Gasteiger partial charge is 0.494 e. The topological polar surface area (TPSA) is 117 Å². The molecule has 0 spiro atoms. The van der Waals surface area contributed by atoms with Crippen molar-refractivity contribution in [1.29, 1.82) is 5.26 Å². The van der Waals surface area contributed by atoms with Crippen molar-refractivity contribution in [3.63, 3.8) is 0 Å². The van der Waals surface area contributed by atoms with Crippen LogP contribution < -0.4 is 4.74 Å². The molecule has 4 aromatic rings. The molecule has 0 aliphatic carbocycles. The molecular weight excluding hydrogens is 480 g/mol. The second-order valence-electron chi connectivity index (χ2n) is 9.76. The summed E-state index contributed by atoms with van der Waals surface area (Å²) in [6, 6.07) is 8.69. The van der Waals surface area contributed by atoms with Crippen LogP contribution in [0.1, 0.15) is 63.1 Å². The van der Waals surface area contributed by atoms with Crippen molar-refractivity contribution in [3.8, 4) is 17.5 Å². The van der Waals surface area contributed by atoms with Crippen molar-refractivity contribution >= 4 is 28.0 Å². The summed E-state index contributed by atoms with van der Waals surface area (Å²) in [6.07, 6.45) is 2.65. The Morgan fingerprint density at radius 2 is 2.11 bits per heavy atom. The molecule has 0 fully saturated rings.